The molecule has 4 heteroatoms. The Morgan fingerprint density at radius 1 is 1.37 bits per heavy atom. The topological polar surface area (TPSA) is 38.8 Å². The van der Waals surface area contributed by atoms with Gasteiger partial charge in [-0.1, -0.05) is 18.2 Å². The summed E-state index contributed by atoms with van der Waals surface area (Å²) in [6.07, 6.45) is 1.88. The summed E-state index contributed by atoms with van der Waals surface area (Å²) in [7, 11) is 1.46. The maximum atomic E-state index is 11.4. The van der Waals surface area contributed by atoms with Gasteiger partial charge in [0.1, 0.15) is 5.75 Å². The van der Waals surface area contributed by atoms with Crippen molar-refractivity contribution in [3.05, 3.63) is 30.3 Å². The van der Waals surface area contributed by atoms with Crippen LogP contribution in [-0.2, 0) is 9.53 Å². The Morgan fingerprint density at radius 3 is 2.89 bits per heavy atom. The molecular formula is C15H21NO3. The molecule has 19 heavy (non-hydrogen) atoms. The summed E-state index contributed by atoms with van der Waals surface area (Å²) in [6.45, 7) is 3.48. The van der Waals surface area contributed by atoms with E-state index in [2.05, 4.69) is 4.90 Å². The molecule has 1 atom stereocenters. The first-order chi connectivity index (χ1) is 9.29. The van der Waals surface area contributed by atoms with E-state index < -0.39 is 0 Å². The van der Waals surface area contributed by atoms with Crippen LogP contribution in [0.3, 0.4) is 0 Å². The molecule has 104 valence electrons. The molecule has 1 heterocycles. The second-order valence-electron chi connectivity index (χ2n) is 4.82. The molecule has 1 aromatic rings. The van der Waals surface area contributed by atoms with Crippen molar-refractivity contribution in [1.82, 2.24) is 4.90 Å². The number of likely N-dealkylation sites (tertiary alicyclic amines) is 1. The van der Waals surface area contributed by atoms with Gasteiger partial charge in [-0.05, 0) is 31.5 Å². The number of carbonyl (C=O) groups excluding carboxylic acids is 1. The van der Waals surface area contributed by atoms with Gasteiger partial charge < -0.3 is 14.4 Å². The molecule has 0 aromatic heterocycles. The van der Waals surface area contributed by atoms with Crippen molar-refractivity contribution >= 4 is 5.97 Å². The summed E-state index contributed by atoms with van der Waals surface area (Å²) >= 11 is 0. The van der Waals surface area contributed by atoms with Gasteiger partial charge in [-0.25, -0.2) is 0 Å². The summed E-state index contributed by atoms with van der Waals surface area (Å²) in [5.74, 6) is 0.888. The second-order valence-corrected chi connectivity index (χ2v) is 4.82. The Morgan fingerprint density at radius 2 is 2.16 bits per heavy atom. The molecule has 1 aromatic carbocycles. The minimum atomic E-state index is -0.0805. The molecule has 1 aliphatic rings. The van der Waals surface area contributed by atoms with E-state index in [0.29, 0.717) is 6.61 Å². The van der Waals surface area contributed by atoms with Crippen LogP contribution in [0.25, 0.3) is 0 Å². The third-order valence-electron chi connectivity index (χ3n) is 3.44. The summed E-state index contributed by atoms with van der Waals surface area (Å²) in [5.41, 5.74) is 0. The van der Waals surface area contributed by atoms with Gasteiger partial charge >= 0.3 is 5.97 Å². The predicted molar refractivity (Wildman–Crippen MR) is 73.1 cm³/mol. The molecule has 0 bridgehead atoms. The minimum Gasteiger partial charge on any atom is -0.494 e. The highest BCUT2D eigenvalue weighted by Crippen LogP contribution is 2.17. The van der Waals surface area contributed by atoms with Crippen LogP contribution >= 0.6 is 0 Å². The number of benzene rings is 1. The average Bonchev–Trinajstić information content (AvgIpc) is 2.93. The highest BCUT2D eigenvalue weighted by atomic mass is 16.5. The fraction of sp³-hybridized carbons (Fsp3) is 0.533. The lowest BCUT2D eigenvalue weighted by Crippen LogP contribution is -2.25. The smallest absolute Gasteiger partial charge is 0.310 e. The SMILES string of the molecule is COC(=O)C1CCN(CCCOc2ccccc2)C1. The Bertz CT molecular complexity index is 394. The van der Waals surface area contributed by atoms with Crippen molar-refractivity contribution in [2.24, 2.45) is 5.92 Å². The van der Waals surface area contributed by atoms with Crippen molar-refractivity contribution in [2.45, 2.75) is 12.8 Å². The van der Waals surface area contributed by atoms with Gasteiger partial charge in [0, 0.05) is 13.1 Å². The molecule has 0 aliphatic carbocycles. The van der Waals surface area contributed by atoms with E-state index in [1.807, 2.05) is 30.3 Å². The highest BCUT2D eigenvalue weighted by Gasteiger charge is 2.28. The van der Waals surface area contributed by atoms with Crippen molar-refractivity contribution in [2.75, 3.05) is 33.4 Å². The van der Waals surface area contributed by atoms with Crippen molar-refractivity contribution < 1.29 is 14.3 Å². The number of nitrogens with zero attached hydrogens (tertiary/aromatic N) is 1. The van der Waals surface area contributed by atoms with Gasteiger partial charge in [0.25, 0.3) is 0 Å². The van der Waals surface area contributed by atoms with E-state index in [4.69, 9.17) is 9.47 Å². The van der Waals surface area contributed by atoms with Crippen LogP contribution in [0.5, 0.6) is 5.75 Å². The zero-order valence-electron chi connectivity index (χ0n) is 11.4. The maximum absolute atomic E-state index is 11.4. The summed E-state index contributed by atoms with van der Waals surface area (Å²) < 4.78 is 10.4. The third kappa shape index (κ3) is 4.24. The lowest BCUT2D eigenvalue weighted by molar-refractivity contribution is -0.144. The van der Waals surface area contributed by atoms with E-state index in [1.165, 1.54) is 7.11 Å². The number of ether oxygens (including phenoxy) is 2. The van der Waals surface area contributed by atoms with Crippen molar-refractivity contribution in [1.29, 1.82) is 0 Å². The molecule has 0 radical (unpaired) electrons. The number of hydrogen-bond acceptors (Lipinski definition) is 4. The first-order valence-electron chi connectivity index (χ1n) is 6.77. The molecule has 0 N–H and O–H groups in total. The van der Waals surface area contributed by atoms with Gasteiger partial charge in [-0.3, -0.25) is 4.79 Å². The molecule has 0 spiro atoms. The predicted octanol–water partition coefficient (Wildman–Crippen LogP) is 1.95. The molecule has 4 nitrogen and oxygen atoms in total. The molecule has 1 saturated heterocycles. The normalized spacial score (nSPS) is 19.3. The number of para-hydroxylation sites is 1. The van der Waals surface area contributed by atoms with E-state index in [0.717, 1.165) is 38.2 Å². The fourth-order valence-electron chi connectivity index (χ4n) is 2.39. The number of rotatable bonds is 6. The number of esters is 1. The standard InChI is InChI=1S/C15H21NO3/c1-18-15(17)13-8-10-16(12-13)9-5-11-19-14-6-3-2-4-7-14/h2-4,6-7,13H,5,8-12H2,1H3. The Labute approximate surface area is 114 Å². The zero-order valence-corrected chi connectivity index (χ0v) is 11.4. The van der Waals surface area contributed by atoms with E-state index in [-0.39, 0.29) is 11.9 Å². The number of hydrogen-bond donors (Lipinski definition) is 0. The molecule has 2 rings (SSSR count). The van der Waals surface area contributed by atoms with E-state index in [1.54, 1.807) is 0 Å². The van der Waals surface area contributed by atoms with Crippen LogP contribution in [0.15, 0.2) is 30.3 Å². The molecule has 0 saturated carbocycles. The molecule has 1 fully saturated rings. The fourth-order valence-corrected chi connectivity index (χ4v) is 2.39. The molecular weight excluding hydrogens is 242 g/mol. The van der Waals surface area contributed by atoms with Crippen LogP contribution in [0, 0.1) is 5.92 Å². The first-order valence-corrected chi connectivity index (χ1v) is 6.77. The van der Waals surface area contributed by atoms with Gasteiger partial charge in [0.15, 0.2) is 0 Å². The minimum absolute atomic E-state index is 0.0556. The Hall–Kier alpha value is -1.55. The Kier molecular flexibility index (Phi) is 5.21. The third-order valence-corrected chi connectivity index (χ3v) is 3.44. The Balaban J connectivity index is 1.61. The summed E-state index contributed by atoms with van der Waals surface area (Å²) in [4.78, 5) is 13.7. The van der Waals surface area contributed by atoms with Gasteiger partial charge in [0.2, 0.25) is 0 Å². The number of methoxy groups -OCH3 is 1. The summed E-state index contributed by atoms with van der Waals surface area (Å²) in [5, 5.41) is 0. The second kappa shape index (κ2) is 7.14. The lowest BCUT2D eigenvalue weighted by Gasteiger charge is -2.15. The van der Waals surface area contributed by atoms with Crippen LogP contribution in [0.2, 0.25) is 0 Å². The van der Waals surface area contributed by atoms with Crippen LogP contribution in [0.1, 0.15) is 12.8 Å². The van der Waals surface area contributed by atoms with E-state index in [9.17, 15) is 4.79 Å². The lowest BCUT2D eigenvalue weighted by atomic mass is 10.1. The first kappa shape index (κ1) is 13.9. The van der Waals surface area contributed by atoms with Gasteiger partial charge in [-0.15, -0.1) is 0 Å². The van der Waals surface area contributed by atoms with Crippen molar-refractivity contribution in [3.63, 3.8) is 0 Å². The summed E-state index contributed by atoms with van der Waals surface area (Å²) in [6, 6.07) is 9.84. The van der Waals surface area contributed by atoms with Crippen molar-refractivity contribution in [3.8, 4) is 5.75 Å². The maximum Gasteiger partial charge on any atom is 0.310 e. The highest BCUT2D eigenvalue weighted by molar-refractivity contribution is 5.72. The molecule has 1 aliphatic heterocycles. The van der Waals surface area contributed by atoms with Crippen LogP contribution in [0.4, 0.5) is 0 Å². The average molecular weight is 263 g/mol. The zero-order chi connectivity index (χ0) is 13.5. The van der Waals surface area contributed by atoms with Crippen LogP contribution in [-0.4, -0.2) is 44.2 Å². The van der Waals surface area contributed by atoms with E-state index >= 15 is 0 Å². The van der Waals surface area contributed by atoms with Gasteiger partial charge in [0.05, 0.1) is 19.6 Å². The number of carbonyl (C=O) groups is 1. The molecule has 0 amide bonds. The van der Waals surface area contributed by atoms with Crippen LogP contribution < -0.4 is 4.74 Å². The quantitative estimate of drug-likeness (QED) is 0.581. The van der Waals surface area contributed by atoms with Gasteiger partial charge in [-0.2, -0.15) is 0 Å². The molecule has 1 unspecified atom stereocenters. The monoisotopic (exact) mass is 263 g/mol. The largest absolute Gasteiger partial charge is 0.494 e.